The van der Waals surface area contributed by atoms with Gasteiger partial charge in [-0.15, -0.1) is 35.3 Å². The molecule has 0 saturated heterocycles. The fraction of sp³-hybridized carbons (Fsp3) is 0.375. The first kappa shape index (κ1) is 21.7. The number of aliphatic imine (C=N–C) groups is 1. The molecule has 1 aromatic heterocycles. The Morgan fingerprint density at radius 1 is 1.20 bits per heavy atom. The van der Waals surface area contributed by atoms with Crippen LogP contribution in [0.25, 0.3) is 0 Å². The Labute approximate surface area is 166 Å². The van der Waals surface area contributed by atoms with Crippen LogP contribution in [0.2, 0.25) is 0 Å². The van der Waals surface area contributed by atoms with Crippen LogP contribution in [-0.4, -0.2) is 17.5 Å². The van der Waals surface area contributed by atoms with E-state index < -0.39 is 11.7 Å². The first-order valence-electron chi connectivity index (χ1n) is 7.47. The van der Waals surface area contributed by atoms with E-state index in [0.29, 0.717) is 31.2 Å². The number of nitrogens with zero attached hydrogens (tertiary/aromatic N) is 2. The van der Waals surface area contributed by atoms with Gasteiger partial charge in [0.25, 0.3) is 0 Å². The number of halogens is 4. The van der Waals surface area contributed by atoms with Crippen molar-refractivity contribution in [3.8, 4) is 0 Å². The van der Waals surface area contributed by atoms with Crippen molar-refractivity contribution in [2.24, 2.45) is 4.99 Å². The van der Waals surface area contributed by atoms with Crippen LogP contribution in [0.4, 0.5) is 13.2 Å². The maximum absolute atomic E-state index is 12.5. The van der Waals surface area contributed by atoms with Crippen LogP contribution in [0.3, 0.4) is 0 Å². The predicted molar refractivity (Wildman–Crippen MR) is 105 cm³/mol. The number of hydrogen-bond donors (Lipinski definition) is 2. The number of aromatic nitrogens is 1. The summed E-state index contributed by atoms with van der Waals surface area (Å²) in [6, 6.07) is 5.05. The molecule has 0 unspecified atom stereocenters. The van der Waals surface area contributed by atoms with E-state index in [1.165, 1.54) is 12.1 Å². The second-order valence-corrected chi connectivity index (χ2v) is 6.04. The van der Waals surface area contributed by atoms with E-state index in [-0.39, 0.29) is 24.0 Å². The van der Waals surface area contributed by atoms with Gasteiger partial charge in [0.1, 0.15) is 0 Å². The molecule has 0 radical (unpaired) electrons. The number of aryl methyl sites for hydroxylation is 1. The van der Waals surface area contributed by atoms with Crippen molar-refractivity contribution in [2.75, 3.05) is 6.54 Å². The summed E-state index contributed by atoms with van der Waals surface area (Å²) in [6.07, 6.45) is -4.31. The van der Waals surface area contributed by atoms with Gasteiger partial charge in [0.05, 0.1) is 29.9 Å². The van der Waals surface area contributed by atoms with Crippen molar-refractivity contribution in [1.29, 1.82) is 0 Å². The first-order chi connectivity index (χ1) is 11.4. The quantitative estimate of drug-likeness (QED) is 0.377. The van der Waals surface area contributed by atoms with Gasteiger partial charge >= 0.3 is 6.18 Å². The molecule has 0 aliphatic carbocycles. The average molecular weight is 484 g/mol. The summed E-state index contributed by atoms with van der Waals surface area (Å²) in [5.41, 5.74) is 2.83. The summed E-state index contributed by atoms with van der Waals surface area (Å²) in [6.45, 7) is 5.50. The molecule has 2 rings (SSSR count). The molecule has 138 valence electrons. The SMILES string of the molecule is CCNC(=NCc1ccc(C(F)(F)F)cc1)NCc1scnc1C.I. The summed E-state index contributed by atoms with van der Waals surface area (Å²) in [7, 11) is 0. The van der Waals surface area contributed by atoms with Gasteiger partial charge in [0.2, 0.25) is 0 Å². The highest BCUT2D eigenvalue weighted by molar-refractivity contribution is 14.0. The minimum atomic E-state index is -4.31. The van der Waals surface area contributed by atoms with E-state index >= 15 is 0 Å². The van der Waals surface area contributed by atoms with Crippen molar-refractivity contribution >= 4 is 41.3 Å². The molecule has 2 N–H and O–H groups in total. The van der Waals surface area contributed by atoms with Crippen LogP contribution in [0.5, 0.6) is 0 Å². The third-order valence-electron chi connectivity index (χ3n) is 3.31. The highest BCUT2D eigenvalue weighted by Crippen LogP contribution is 2.29. The van der Waals surface area contributed by atoms with Crippen molar-refractivity contribution in [3.05, 3.63) is 51.5 Å². The molecule has 0 fully saturated rings. The first-order valence-corrected chi connectivity index (χ1v) is 8.35. The third-order valence-corrected chi connectivity index (χ3v) is 4.24. The molecule has 0 aliphatic heterocycles. The second-order valence-electron chi connectivity index (χ2n) is 5.10. The van der Waals surface area contributed by atoms with Crippen LogP contribution in [-0.2, 0) is 19.3 Å². The lowest BCUT2D eigenvalue weighted by Gasteiger charge is -2.11. The zero-order chi connectivity index (χ0) is 17.6. The van der Waals surface area contributed by atoms with Crippen LogP contribution in [0.1, 0.15) is 28.6 Å². The lowest BCUT2D eigenvalue weighted by molar-refractivity contribution is -0.137. The Kier molecular flexibility index (Phi) is 8.63. The number of rotatable bonds is 5. The Morgan fingerprint density at radius 2 is 1.88 bits per heavy atom. The maximum atomic E-state index is 12.5. The van der Waals surface area contributed by atoms with E-state index in [1.54, 1.807) is 16.8 Å². The molecule has 0 atom stereocenters. The molecule has 0 saturated carbocycles. The number of alkyl halides is 3. The third kappa shape index (κ3) is 6.81. The van der Waals surface area contributed by atoms with Crippen LogP contribution in [0.15, 0.2) is 34.8 Å². The fourth-order valence-corrected chi connectivity index (χ4v) is 2.69. The number of thiazole rings is 1. The van der Waals surface area contributed by atoms with Gasteiger partial charge in [0, 0.05) is 11.4 Å². The van der Waals surface area contributed by atoms with E-state index in [1.807, 2.05) is 13.8 Å². The van der Waals surface area contributed by atoms with Gasteiger partial charge in [-0.25, -0.2) is 9.98 Å². The molecule has 25 heavy (non-hydrogen) atoms. The normalized spacial score (nSPS) is 11.8. The van der Waals surface area contributed by atoms with E-state index in [0.717, 1.165) is 22.7 Å². The number of hydrogen-bond acceptors (Lipinski definition) is 3. The van der Waals surface area contributed by atoms with Crippen molar-refractivity contribution < 1.29 is 13.2 Å². The standard InChI is InChI=1S/C16H19F3N4S.HI/c1-3-20-15(22-9-14-11(2)23-10-24-14)21-8-12-4-6-13(7-5-12)16(17,18)19;/h4-7,10H,3,8-9H2,1-2H3,(H2,20,21,22);1H. The maximum Gasteiger partial charge on any atom is 0.416 e. The zero-order valence-corrected chi connectivity index (χ0v) is 17.0. The van der Waals surface area contributed by atoms with Crippen molar-refractivity contribution in [2.45, 2.75) is 33.1 Å². The average Bonchev–Trinajstić information content (AvgIpc) is 2.95. The molecule has 0 aliphatic rings. The molecule has 2 aromatic rings. The van der Waals surface area contributed by atoms with Crippen LogP contribution in [0, 0.1) is 6.92 Å². The molecule has 1 heterocycles. The number of benzene rings is 1. The summed E-state index contributed by atoms with van der Waals surface area (Å²) in [5.74, 6) is 0.616. The molecule has 0 bridgehead atoms. The molecular formula is C16H20F3IN4S. The lowest BCUT2D eigenvalue weighted by Crippen LogP contribution is -2.36. The molecular weight excluding hydrogens is 464 g/mol. The Hall–Kier alpha value is -1.36. The summed E-state index contributed by atoms with van der Waals surface area (Å²) >= 11 is 1.57. The largest absolute Gasteiger partial charge is 0.416 e. The Balaban J connectivity index is 0.00000312. The topological polar surface area (TPSA) is 49.3 Å². The van der Waals surface area contributed by atoms with Gasteiger partial charge in [-0.2, -0.15) is 13.2 Å². The summed E-state index contributed by atoms with van der Waals surface area (Å²) in [4.78, 5) is 9.71. The summed E-state index contributed by atoms with van der Waals surface area (Å²) in [5, 5.41) is 6.31. The van der Waals surface area contributed by atoms with Crippen LogP contribution >= 0.6 is 35.3 Å². The fourth-order valence-electron chi connectivity index (χ4n) is 1.97. The van der Waals surface area contributed by atoms with Gasteiger partial charge in [-0.05, 0) is 31.5 Å². The molecule has 0 amide bonds. The van der Waals surface area contributed by atoms with Gasteiger partial charge in [-0.1, -0.05) is 12.1 Å². The zero-order valence-electron chi connectivity index (χ0n) is 13.9. The Bertz CT molecular complexity index is 683. The summed E-state index contributed by atoms with van der Waals surface area (Å²) < 4.78 is 37.6. The predicted octanol–water partition coefficient (Wildman–Crippen LogP) is 4.34. The highest BCUT2D eigenvalue weighted by atomic mass is 127. The van der Waals surface area contributed by atoms with Gasteiger partial charge in [-0.3, -0.25) is 0 Å². The van der Waals surface area contributed by atoms with Crippen molar-refractivity contribution in [3.63, 3.8) is 0 Å². The molecule has 9 heteroatoms. The minimum absolute atomic E-state index is 0. The minimum Gasteiger partial charge on any atom is -0.357 e. The van der Waals surface area contributed by atoms with Gasteiger partial charge in [0.15, 0.2) is 5.96 Å². The lowest BCUT2D eigenvalue weighted by atomic mass is 10.1. The van der Waals surface area contributed by atoms with Crippen molar-refractivity contribution in [1.82, 2.24) is 15.6 Å². The molecule has 1 aromatic carbocycles. The van der Waals surface area contributed by atoms with E-state index in [2.05, 4.69) is 20.6 Å². The monoisotopic (exact) mass is 484 g/mol. The molecule has 4 nitrogen and oxygen atoms in total. The number of nitrogens with one attached hydrogen (secondary N) is 2. The smallest absolute Gasteiger partial charge is 0.357 e. The number of guanidine groups is 1. The van der Waals surface area contributed by atoms with Gasteiger partial charge < -0.3 is 10.6 Å². The van der Waals surface area contributed by atoms with E-state index in [4.69, 9.17) is 0 Å². The second kappa shape index (κ2) is 9.95. The van der Waals surface area contributed by atoms with E-state index in [9.17, 15) is 13.2 Å². The van der Waals surface area contributed by atoms with Crippen LogP contribution < -0.4 is 10.6 Å². The molecule has 0 spiro atoms. The highest BCUT2D eigenvalue weighted by Gasteiger charge is 2.29. The Morgan fingerprint density at radius 3 is 2.40 bits per heavy atom.